The monoisotopic (exact) mass is 328 g/mol. The van der Waals surface area contributed by atoms with Gasteiger partial charge in [0.1, 0.15) is 0 Å². The number of hydrogen-bond donors (Lipinski definition) is 3. The first-order chi connectivity index (χ1) is 11.6. The van der Waals surface area contributed by atoms with E-state index in [1.54, 1.807) is 30.3 Å². The second kappa shape index (κ2) is 6.95. The number of H-pyrrole nitrogens is 1. The Balaban J connectivity index is 1.50. The number of amides is 2. The van der Waals surface area contributed by atoms with Gasteiger partial charge in [-0.3, -0.25) is 19.1 Å². The molecule has 1 fully saturated rings. The lowest BCUT2D eigenvalue weighted by molar-refractivity contribution is -0.116. The first-order valence-electron chi connectivity index (χ1n) is 7.52. The SMILES string of the molecule is O=C(C=Cc1ccc(C(=O)NC2CC2)cc1)NCc1noc(=O)[nH]1. The Labute approximate surface area is 136 Å². The molecule has 1 aliphatic rings. The van der Waals surface area contributed by atoms with Crippen molar-refractivity contribution in [1.29, 1.82) is 0 Å². The number of aromatic nitrogens is 2. The molecule has 0 unspecified atom stereocenters. The van der Waals surface area contributed by atoms with Crippen LogP contribution in [-0.4, -0.2) is 28.0 Å². The largest absolute Gasteiger partial charge is 0.438 e. The summed E-state index contributed by atoms with van der Waals surface area (Å²) < 4.78 is 4.32. The molecule has 8 heteroatoms. The summed E-state index contributed by atoms with van der Waals surface area (Å²) in [6.07, 6.45) is 5.08. The Morgan fingerprint density at radius 3 is 2.67 bits per heavy atom. The van der Waals surface area contributed by atoms with Crippen molar-refractivity contribution in [3.05, 3.63) is 57.8 Å². The molecule has 0 aliphatic heterocycles. The third-order valence-electron chi connectivity index (χ3n) is 3.43. The Morgan fingerprint density at radius 1 is 1.29 bits per heavy atom. The average Bonchev–Trinajstić information content (AvgIpc) is 3.30. The maximum atomic E-state index is 11.9. The van der Waals surface area contributed by atoms with Crippen molar-refractivity contribution in [2.45, 2.75) is 25.4 Å². The third kappa shape index (κ3) is 4.42. The Kier molecular flexibility index (Phi) is 4.55. The normalized spacial score (nSPS) is 13.8. The van der Waals surface area contributed by atoms with Gasteiger partial charge in [0.15, 0.2) is 5.82 Å². The van der Waals surface area contributed by atoms with E-state index in [2.05, 4.69) is 25.3 Å². The van der Waals surface area contributed by atoms with Gasteiger partial charge in [-0.15, -0.1) is 0 Å². The lowest BCUT2D eigenvalue weighted by Crippen LogP contribution is -2.25. The quantitative estimate of drug-likeness (QED) is 0.671. The molecule has 1 aliphatic carbocycles. The first-order valence-corrected chi connectivity index (χ1v) is 7.52. The van der Waals surface area contributed by atoms with Crippen molar-refractivity contribution in [3.63, 3.8) is 0 Å². The summed E-state index contributed by atoms with van der Waals surface area (Å²) >= 11 is 0. The number of nitrogens with zero attached hydrogens (tertiary/aromatic N) is 1. The minimum atomic E-state index is -0.666. The second-order valence-corrected chi connectivity index (χ2v) is 5.46. The van der Waals surface area contributed by atoms with Gasteiger partial charge in [-0.1, -0.05) is 17.3 Å². The summed E-state index contributed by atoms with van der Waals surface area (Å²) in [7, 11) is 0. The molecule has 0 bridgehead atoms. The molecule has 1 heterocycles. The van der Waals surface area contributed by atoms with Crippen LogP contribution in [0.15, 0.2) is 39.7 Å². The molecular weight excluding hydrogens is 312 g/mol. The summed E-state index contributed by atoms with van der Waals surface area (Å²) in [6.45, 7) is 0.0647. The predicted octanol–water partition coefficient (Wildman–Crippen LogP) is 0.585. The van der Waals surface area contributed by atoms with Crippen molar-refractivity contribution in [1.82, 2.24) is 20.8 Å². The Morgan fingerprint density at radius 2 is 2.04 bits per heavy atom. The standard InChI is InChI=1S/C16H16N4O4/c21-14(17-9-13-19-16(23)24-20-13)8-3-10-1-4-11(5-2-10)15(22)18-12-6-7-12/h1-5,8,12H,6-7,9H2,(H,17,21)(H,18,22)(H,19,20,23). The second-order valence-electron chi connectivity index (χ2n) is 5.46. The van der Waals surface area contributed by atoms with Crippen LogP contribution in [0, 0.1) is 0 Å². The maximum Gasteiger partial charge on any atom is 0.438 e. The molecule has 124 valence electrons. The number of nitrogens with one attached hydrogen (secondary N) is 3. The summed E-state index contributed by atoms with van der Waals surface area (Å²) in [4.78, 5) is 36.6. The van der Waals surface area contributed by atoms with Gasteiger partial charge in [-0.05, 0) is 36.6 Å². The zero-order valence-corrected chi connectivity index (χ0v) is 12.7. The fraction of sp³-hybridized carbons (Fsp3) is 0.250. The number of rotatable bonds is 6. The van der Waals surface area contributed by atoms with E-state index in [4.69, 9.17) is 0 Å². The van der Waals surface area contributed by atoms with Gasteiger partial charge >= 0.3 is 5.76 Å². The number of hydrogen-bond acceptors (Lipinski definition) is 5. The van der Waals surface area contributed by atoms with E-state index in [0.29, 0.717) is 11.6 Å². The Hall–Kier alpha value is -3.16. The van der Waals surface area contributed by atoms with E-state index in [-0.39, 0.29) is 24.2 Å². The van der Waals surface area contributed by atoms with Crippen molar-refractivity contribution >= 4 is 17.9 Å². The van der Waals surface area contributed by atoms with Crippen LogP contribution in [0.25, 0.3) is 6.08 Å². The van der Waals surface area contributed by atoms with E-state index in [9.17, 15) is 14.4 Å². The van der Waals surface area contributed by atoms with E-state index in [0.717, 1.165) is 18.4 Å². The highest BCUT2D eigenvalue weighted by atomic mass is 16.5. The summed E-state index contributed by atoms with van der Waals surface area (Å²) in [5, 5.41) is 8.91. The zero-order valence-electron chi connectivity index (χ0n) is 12.7. The molecule has 1 saturated carbocycles. The van der Waals surface area contributed by atoms with Crippen LogP contribution in [0.5, 0.6) is 0 Å². The molecular formula is C16H16N4O4. The van der Waals surface area contributed by atoms with Crippen molar-refractivity contribution in [2.75, 3.05) is 0 Å². The third-order valence-corrected chi connectivity index (χ3v) is 3.43. The van der Waals surface area contributed by atoms with Crippen LogP contribution in [-0.2, 0) is 11.3 Å². The van der Waals surface area contributed by atoms with E-state index < -0.39 is 5.76 Å². The van der Waals surface area contributed by atoms with Crippen molar-refractivity contribution < 1.29 is 14.1 Å². The van der Waals surface area contributed by atoms with Crippen molar-refractivity contribution in [2.24, 2.45) is 0 Å². The lowest BCUT2D eigenvalue weighted by Gasteiger charge is -2.03. The minimum absolute atomic E-state index is 0.0647. The van der Waals surface area contributed by atoms with Crippen LogP contribution in [0.3, 0.4) is 0 Å². The van der Waals surface area contributed by atoms with Crippen LogP contribution >= 0.6 is 0 Å². The first kappa shape index (κ1) is 15.7. The summed E-state index contributed by atoms with van der Waals surface area (Å²) in [5.41, 5.74) is 1.39. The number of carbonyl (C=O) groups is 2. The highest BCUT2D eigenvalue weighted by molar-refractivity contribution is 5.95. The Bertz CT molecular complexity index is 815. The molecule has 0 atom stereocenters. The van der Waals surface area contributed by atoms with Crippen molar-refractivity contribution in [3.8, 4) is 0 Å². The molecule has 2 amide bonds. The van der Waals surface area contributed by atoms with Gasteiger partial charge in [-0.2, -0.15) is 0 Å². The zero-order chi connectivity index (χ0) is 16.9. The predicted molar refractivity (Wildman–Crippen MR) is 84.9 cm³/mol. The molecule has 0 spiro atoms. The highest BCUT2D eigenvalue weighted by Gasteiger charge is 2.23. The molecule has 2 aromatic rings. The molecule has 1 aromatic heterocycles. The molecule has 0 saturated heterocycles. The van der Waals surface area contributed by atoms with Gasteiger partial charge in [0.2, 0.25) is 5.91 Å². The van der Waals surface area contributed by atoms with Gasteiger partial charge < -0.3 is 10.6 Å². The van der Waals surface area contributed by atoms with Crippen LogP contribution in [0.2, 0.25) is 0 Å². The molecule has 1 aromatic carbocycles. The van der Waals surface area contributed by atoms with Crippen LogP contribution < -0.4 is 16.4 Å². The van der Waals surface area contributed by atoms with E-state index in [1.165, 1.54) is 6.08 Å². The fourth-order valence-corrected chi connectivity index (χ4v) is 1.98. The van der Waals surface area contributed by atoms with E-state index >= 15 is 0 Å². The van der Waals surface area contributed by atoms with Gasteiger partial charge in [0.05, 0.1) is 6.54 Å². The van der Waals surface area contributed by atoms with Crippen LogP contribution in [0.1, 0.15) is 34.6 Å². The molecule has 8 nitrogen and oxygen atoms in total. The molecule has 3 N–H and O–H groups in total. The highest BCUT2D eigenvalue weighted by Crippen LogP contribution is 2.19. The smallest absolute Gasteiger partial charge is 0.349 e. The van der Waals surface area contributed by atoms with Crippen LogP contribution in [0.4, 0.5) is 0 Å². The molecule has 3 rings (SSSR count). The van der Waals surface area contributed by atoms with Gasteiger partial charge in [0.25, 0.3) is 5.91 Å². The number of benzene rings is 1. The molecule has 0 radical (unpaired) electrons. The topological polar surface area (TPSA) is 117 Å². The summed E-state index contributed by atoms with van der Waals surface area (Å²) in [6, 6.07) is 7.28. The average molecular weight is 328 g/mol. The molecule has 24 heavy (non-hydrogen) atoms. The minimum Gasteiger partial charge on any atom is -0.349 e. The number of carbonyl (C=O) groups excluding carboxylic acids is 2. The lowest BCUT2D eigenvalue weighted by atomic mass is 10.1. The fourth-order valence-electron chi connectivity index (χ4n) is 1.98. The number of aromatic amines is 1. The van der Waals surface area contributed by atoms with E-state index in [1.807, 2.05) is 0 Å². The summed E-state index contributed by atoms with van der Waals surface area (Å²) in [5.74, 6) is -0.838. The maximum absolute atomic E-state index is 11.9. The van der Waals surface area contributed by atoms with Gasteiger partial charge in [-0.25, -0.2) is 4.79 Å². The van der Waals surface area contributed by atoms with Gasteiger partial charge in [0, 0.05) is 17.7 Å².